The van der Waals surface area contributed by atoms with Crippen LogP contribution in [-0.2, 0) is 10.0 Å². The zero-order valence-corrected chi connectivity index (χ0v) is 14.5. The van der Waals surface area contributed by atoms with Gasteiger partial charge in [0.15, 0.2) is 0 Å². The monoisotopic (exact) mass is 334 g/mol. The Morgan fingerprint density at radius 3 is 2.74 bits per heavy atom. The molecule has 0 bridgehead atoms. The highest BCUT2D eigenvalue weighted by molar-refractivity contribution is 7.88. The number of hydrogen-bond acceptors (Lipinski definition) is 4. The first-order chi connectivity index (χ1) is 10.9. The summed E-state index contributed by atoms with van der Waals surface area (Å²) < 4.78 is 27.4. The minimum absolute atomic E-state index is 0.166. The second-order valence-electron chi connectivity index (χ2n) is 6.23. The van der Waals surface area contributed by atoms with Crippen LogP contribution in [-0.4, -0.2) is 40.3 Å². The van der Waals surface area contributed by atoms with Crippen molar-refractivity contribution in [2.24, 2.45) is 0 Å². The number of aromatic nitrogens is 3. The Morgan fingerprint density at radius 2 is 2.04 bits per heavy atom. The molecule has 0 radical (unpaired) electrons. The van der Waals surface area contributed by atoms with Crippen molar-refractivity contribution in [2.45, 2.75) is 38.8 Å². The fraction of sp³-hybridized carbons (Fsp3) is 0.500. The second-order valence-corrected chi connectivity index (χ2v) is 8.17. The van der Waals surface area contributed by atoms with Crippen molar-refractivity contribution in [2.75, 3.05) is 12.8 Å². The topological polar surface area (TPSA) is 68.1 Å². The molecule has 0 aliphatic carbocycles. The maximum Gasteiger partial charge on any atom is 0.211 e. The van der Waals surface area contributed by atoms with Gasteiger partial charge in [-0.05, 0) is 44.9 Å². The molecule has 1 aliphatic heterocycles. The molecule has 6 nitrogen and oxygen atoms in total. The molecular formula is C16H22N4O2S. The summed E-state index contributed by atoms with van der Waals surface area (Å²) in [6.07, 6.45) is 4.71. The molecule has 0 spiro atoms. The Balaban J connectivity index is 1.99. The maximum absolute atomic E-state index is 12.0. The number of sulfonamides is 1. The number of rotatable bonds is 4. The highest BCUT2D eigenvalue weighted by Gasteiger charge is 2.33. The highest BCUT2D eigenvalue weighted by Crippen LogP contribution is 2.33. The minimum Gasteiger partial charge on any atom is -0.261 e. The Labute approximate surface area is 137 Å². The van der Waals surface area contributed by atoms with Gasteiger partial charge in [-0.15, -0.1) is 0 Å². The van der Waals surface area contributed by atoms with Gasteiger partial charge in [0.2, 0.25) is 10.0 Å². The molecule has 124 valence electrons. The fourth-order valence-electron chi connectivity index (χ4n) is 3.14. The summed E-state index contributed by atoms with van der Waals surface area (Å²) >= 11 is 0. The molecule has 2 aromatic heterocycles. The third kappa shape index (κ3) is 3.16. The Bertz CT molecular complexity index is 798. The van der Waals surface area contributed by atoms with Crippen molar-refractivity contribution in [3.8, 4) is 11.4 Å². The fourth-order valence-corrected chi connectivity index (χ4v) is 4.28. The minimum atomic E-state index is -3.21. The van der Waals surface area contributed by atoms with Crippen LogP contribution in [0.15, 0.2) is 30.5 Å². The van der Waals surface area contributed by atoms with Crippen LogP contribution < -0.4 is 0 Å². The second kappa shape index (κ2) is 6.05. The molecule has 1 fully saturated rings. The summed E-state index contributed by atoms with van der Waals surface area (Å²) in [5, 5.41) is 4.34. The summed E-state index contributed by atoms with van der Waals surface area (Å²) in [7, 11) is -3.21. The molecule has 1 atom stereocenters. The van der Waals surface area contributed by atoms with Crippen molar-refractivity contribution in [1.29, 1.82) is 0 Å². The predicted octanol–water partition coefficient (Wildman–Crippen LogP) is 2.62. The van der Waals surface area contributed by atoms with Crippen molar-refractivity contribution in [3.63, 3.8) is 0 Å². The largest absolute Gasteiger partial charge is 0.261 e. The molecule has 7 heteroatoms. The van der Waals surface area contributed by atoms with Gasteiger partial charge in [-0.3, -0.25) is 4.68 Å². The Morgan fingerprint density at radius 1 is 1.26 bits per heavy atom. The molecular weight excluding hydrogens is 312 g/mol. The summed E-state index contributed by atoms with van der Waals surface area (Å²) in [6, 6.07) is 7.81. The summed E-state index contributed by atoms with van der Waals surface area (Å²) in [5.74, 6) is 0. The zero-order chi connectivity index (χ0) is 16.6. The highest BCUT2D eigenvalue weighted by atomic mass is 32.2. The van der Waals surface area contributed by atoms with Crippen LogP contribution in [0.25, 0.3) is 11.4 Å². The molecule has 23 heavy (non-hydrogen) atoms. The molecule has 1 saturated heterocycles. The van der Waals surface area contributed by atoms with E-state index in [1.807, 2.05) is 28.9 Å². The molecule has 0 unspecified atom stereocenters. The van der Waals surface area contributed by atoms with Gasteiger partial charge >= 0.3 is 0 Å². The lowest BCUT2D eigenvalue weighted by Crippen LogP contribution is -2.29. The van der Waals surface area contributed by atoms with Crippen LogP contribution in [0.1, 0.15) is 44.5 Å². The first kappa shape index (κ1) is 16.1. The third-order valence-corrected chi connectivity index (χ3v) is 5.45. The van der Waals surface area contributed by atoms with E-state index >= 15 is 0 Å². The van der Waals surface area contributed by atoms with Gasteiger partial charge in [-0.1, -0.05) is 6.07 Å². The number of hydrogen-bond donors (Lipinski definition) is 0. The normalized spacial score (nSPS) is 19.6. The van der Waals surface area contributed by atoms with Gasteiger partial charge in [0, 0.05) is 18.8 Å². The van der Waals surface area contributed by atoms with Crippen LogP contribution in [0, 0.1) is 0 Å². The molecule has 0 saturated carbocycles. The van der Waals surface area contributed by atoms with E-state index in [0.29, 0.717) is 6.54 Å². The first-order valence-electron chi connectivity index (χ1n) is 7.85. The summed E-state index contributed by atoms with van der Waals surface area (Å²) in [6.45, 7) is 4.71. The molecule has 3 heterocycles. The summed E-state index contributed by atoms with van der Waals surface area (Å²) in [5.41, 5.74) is 2.58. The first-order valence-corrected chi connectivity index (χ1v) is 9.70. The molecule has 0 N–H and O–H groups in total. The van der Waals surface area contributed by atoms with Crippen LogP contribution >= 0.6 is 0 Å². The van der Waals surface area contributed by atoms with Crippen molar-refractivity contribution in [3.05, 3.63) is 36.2 Å². The molecule has 0 aromatic carbocycles. The van der Waals surface area contributed by atoms with Crippen molar-refractivity contribution >= 4 is 10.0 Å². The molecule has 0 amide bonds. The predicted molar refractivity (Wildman–Crippen MR) is 89.4 cm³/mol. The van der Waals surface area contributed by atoms with E-state index in [1.165, 1.54) is 6.26 Å². The molecule has 1 aliphatic rings. The molecule has 3 rings (SSSR count). The van der Waals surface area contributed by atoms with E-state index in [2.05, 4.69) is 18.9 Å². The Kier molecular flexibility index (Phi) is 4.25. The van der Waals surface area contributed by atoms with E-state index in [4.69, 9.17) is 4.98 Å². The van der Waals surface area contributed by atoms with E-state index in [-0.39, 0.29) is 12.1 Å². The third-order valence-electron chi connectivity index (χ3n) is 4.16. The smallest absolute Gasteiger partial charge is 0.211 e. The van der Waals surface area contributed by atoms with Crippen LogP contribution in [0.5, 0.6) is 0 Å². The lowest BCUT2D eigenvalue weighted by Gasteiger charge is -2.22. The van der Waals surface area contributed by atoms with Crippen molar-refractivity contribution < 1.29 is 8.42 Å². The average molecular weight is 334 g/mol. The number of pyridine rings is 1. The lowest BCUT2D eigenvalue weighted by molar-refractivity contribution is 0.394. The average Bonchev–Trinajstić information content (AvgIpc) is 3.16. The van der Waals surface area contributed by atoms with Crippen LogP contribution in [0.2, 0.25) is 0 Å². The van der Waals surface area contributed by atoms with Gasteiger partial charge in [0.1, 0.15) is 0 Å². The molecule has 2 aromatic rings. The lowest BCUT2D eigenvalue weighted by atomic mass is 10.1. The van der Waals surface area contributed by atoms with E-state index < -0.39 is 10.0 Å². The van der Waals surface area contributed by atoms with E-state index in [9.17, 15) is 8.42 Å². The van der Waals surface area contributed by atoms with Gasteiger partial charge in [-0.25, -0.2) is 13.4 Å². The van der Waals surface area contributed by atoms with Gasteiger partial charge in [-0.2, -0.15) is 9.40 Å². The Hall–Kier alpha value is -1.73. The number of nitrogens with zero attached hydrogens (tertiary/aromatic N) is 4. The van der Waals surface area contributed by atoms with E-state index in [0.717, 1.165) is 29.9 Å². The van der Waals surface area contributed by atoms with Gasteiger partial charge in [0.05, 0.1) is 29.4 Å². The quantitative estimate of drug-likeness (QED) is 0.862. The summed E-state index contributed by atoms with van der Waals surface area (Å²) in [4.78, 5) is 4.74. The maximum atomic E-state index is 12.0. The van der Waals surface area contributed by atoms with Gasteiger partial charge < -0.3 is 0 Å². The zero-order valence-electron chi connectivity index (χ0n) is 13.7. The van der Waals surface area contributed by atoms with Gasteiger partial charge in [0.25, 0.3) is 0 Å². The SMILES string of the molecule is CC(C)n1nccc1-c1cccc([C@@H]2CCCN2S(C)(=O)=O)n1. The van der Waals surface area contributed by atoms with Crippen molar-refractivity contribution in [1.82, 2.24) is 19.1 Å². The van der Waals surface area contributed by atoms with Crippen LogP contribution in [0.4, 0.5) is 0 Å². The van der Waals surface area contributed by atoms with Crippen LogP contribution in [0.3, 0.4) is 0 Å². The standard InChI is InChI=1S/C16H22N4O2S/c1-12(2)20-16(9-10-17-20)14-7-4-6-13(18-14)15-8-5-11-19(15)23(3,21)22/h4,6-7,9-10,12,15H,5,8,11H2,1-3H3/t15-/m0/s1. The van der Waals surface area contributed by atoms with E-state index in [1.54, 1.807) is 10.5 Å².